The minimum Gasteiger partial charge on any atom is -0.389 e. The summed E-state index contributed by atoms with van der Waals surface area (Å²) in [5, 5.41) is 31.8. The highest BCUT2D eigenvalue weighted by Crippen LogP contribution is 2.32. The zero-order chi connectivity index (χ0) is 12.9. The standard InChI is InChI=1S/C9H10N4O4S/c14-5-3-11(4-6(5)15)7-8(13(16)17)12-1-2-18-9(12)10-7/h1-2,5-6,14-15H,3-4H2. The molecule has 0 amide bonds. The highest BCUT2D eigenvalue weighted by atomic mass is 32.1. The second-order valence-corrected chi connectivity index (χ2v) is 4.98. The van der Waals surface area contributed by atoms with Gasteiger partial charge in [0.25, 0.3) is 4.96 Å². The van der Waals surface area contributed by atoms with Gasteiger partial charge in [-0.2, -0.15) is 9.38 Å². The summed E-state index contributed by atoms with van der Waals surface area (Å²) in [6, 6.07) is 0. The number of nitrogens with zero attached hydrogens (tertiary/aromatic N) is 4. The van der Waals surface area contributed by atoms with E-state index in [0.29, 0.717) is 4.96 Å². The molecular weight excluding hydrogens is 260 g/mol. The van der Waals surface area contributed by atoms with Crippen molar-refractivity contribution in [3.63, 3.8) is 0 Å². The van der Waals surface area contributed by atoms with Crippen molar-refractivity contribution in [2.24, 2.45) is 0 Å². The van der Waals surface area contributed by atoms with Crippen LogP contribution in [0.25, 0.3) is 4.96 Å². The van der Waals surface area contributed by atoms with Gasteiger partial charge in [-0.1, -0.05) is 11.3 Å². The Bertz CT molecular complexity index is 599. The van der Waals surface area contributed by atoms with Gasteiger partial charge < -0.3 is 25.2 Å². The van der Waals surface area contributed by atoms with Gasteiger partial charge in [-0.3, -0.25) is 0 Å². The Morgan fingerprint density at radius 2 is 2.11 bits per heavy atom. The summed E-state index contributed by atoms with van der Waals surface area (Å²) >= 11 is 1.30. The van der Waals surface area contributed by atoms with E-state index in [2.05, 4.69) is 4.98 Å². The van der Waals surface area contributed by atoms with Crippen LogP contribution in [-0.4, -0.2) is 49.8 Å². The molecule has 1 aliphatic rings. The molecule has 8 nitrogen and oxygen atoms in total. The third kappa shape index (κ3) is 1.55. The van der Waals surface area contributed by atoms with Crippen molar-refractivity contribution >= 4 is 27.9 Å². The number of thiazole rings is 1. The summed E-state index contributed by atoms with van der Waals surface area (Å²) in [6.07, 6.45) is -0.217. The van der Waals surface area contributed by atoms with Gasteiger partial charge in [-0.25, -0.2) is 0 Å². The first-order valence-corrected chi connectivity index (χ1v) is 6.17. The molecule has 1 aliphatic heterocycles. The van der Waals surface area contributed by atoms with Gasteiger partial charge in [-0.15, -0.1) is 0 Å². The SMILES string of the molecule is O=[N+]([O-])c1c(N2CC(O)C(O)C2)nc2sccn12. The molecule has 1 saturated heterocycles. The molecule has 0 spiro atoms. The summed E-state index contributed by atoms with van der Waals surface area (Å²) in [7, 11) is 0. The van der Waals surface area contributed by atoms with Crippen molar-refractivity contribution in [1.29, 1.82) is 0 Å². The fraction of sp³-hybridized carbons (Fsp3) is 0.444. The molecule has 0 saturated carbocycles. The van der Waals surface area contributed by atoms with Crippen molar-refractivity contribution in [1.82, 2.24) is 9.38 Å². The fourth-order valence-corrected chi connectivity index (χ4v) is 2.79. The van der Waals surface area contributed by atoms with Crippen LogP contribution in [0.5, 0.6) is 0 Å². The zero-order valence-electron chi connectivity index (χ0n) is 9.13. The largest absolute Gasteiger partial charge is 0.389 e. The minimum absolute atomic E-state index is 0.132. The number of hydrogen-bond acceptors (Lipinski definition) is 7. The van der Waals surface area contributed by atoms with Gasteiger partial charge >= 0.3 is 5.82 Å². The number of hydrogen-bond donors (Lipinski definition) is 2. The first-order valence-electron chi connectivity index (χ1n) is 5.29. The second-order valence-electron chi connectivity index (χ2n) is 4.11. The highest BCUT2D eigenvalue weighted by Gasteiger charge is 2.36. The Morgan fingerprint density at radius 3 is 2.72 bits per heavy atom. The summed E-state index contributed by atoms with van der Waals surface area (Å²) in [6.45, 7) is 0.291. The number of aliphatic hydroxyl groups excluding tert-OH is 2. The Kier molecular flexibility index (Phi) is 2.47. The number of imidazole rings is 1. The monoisotopic (exact) mass is 270 g/mol. The van der Waals surface area contributed by atoms with Crippen molar-refractivity contribution < 1.29 is 15.1 Å². The first-order chi connectivity index (χ1) is 8.58. The van der Waals surface area contributed by atoms with Crippen LogP contribution in [0, 0.1) is 10.1 Å². The Morgan fingerprint density at radius 1 is 1.44 bits per heavy atom. The van der Waals surface area contributed by atoms with Crippen LogP contribution in [0.3, 0.4) is 0 Å². The number of β-amino-alcohol motifs (C(OH)–C–C–N with tert-alkyl or cyclic N) is 2. The van der Waals surface area contributed by atoms with E-state index in [1.165, 1.54) is 20.6 Å². The third-order valence-corrected chi connectivity index (χ3v) is 3.71. The number of anilines is 1. The van der Waals surface area contributed by atoms with E-state index in [1.54, 1.807) is 11.6 Å². The predicted molar refractivity (Wildman–Crippen MR) is 64.0 cm³/mol. The molecule has 3 heterocycles. The molecule has 0 bridgehead atoms. The van der Waals surface area contributed by atoms with E-state index >= 15 is 0 Å². The van der Waals surface area contributed by atoms with E-state index in [4.69, 9.17) is 0 Å². The Balaban J connectivity index is 2.09. The number of rotatable bonds is 2. The molecule has 0 radical (unpaired) electrons. The lowest BCUT2D eigenvalue weighted by atomic mass is 10.3. The van der Waals surface area contributed by atoms with Gasteiger partial charge in [0, 0.05) is 18.5 Å². The topological polar surface area (TPSA) is 104 Å². The van der Waals surface area contributed by atoms with Gasteiger partial charge in [0.1, 0.15) is 6.20 Å². The number of aromatic nitrogens is 2. The Labute approximate surface area is 105 Å². The van der Waals surface area contributed by atoms with E-state index < -0.39 is 17.1 Å². The average molecular weight is 270 g/mol. The lowest BCUT2D eigenvalue weighted by Gasteiger charge is -2.13. The quantitative estimate of drug-likeness (QED) is 0.580. The minimum atomic E-state index is -0.899. The lowest BCUT2D eigenvalue weighted by molar-refractivity contribution is -0.389. The normalized spacial score (nSPS) is 24.0. The molecule has 2 N–H and O–H groups in total. The predicted octanol–water partition coefficient (Wildman–Crippen LogP) is -0.154. The van der Waals surface area contributed by atoms with Gasteiger partial charge in [0.05, 0.1) is 12.2 Å². The lowest BCUT2D eigenvalue weighted by Crippen LogP contribution is -2.22. The summed E-state index contributed by atoms with van der Waals surface area (Å²) in [5.74, 6) is 0.0648. The molecule has 2 atom stereocenters. The first kappa shape index (κ1) is 11.4. The smallest absolute Gasteiger partial charge is 0.373 e. The summed E-state index contributed by atoms with van der Waals surface area (Å²) < 4.78 is 1.40. The molecular formula is C9H10N4O4S. The maximum atomic E-state index is 11.1. The molecule has 2 aromatic rings. The molecule has 0 aromatic carbocycles. The number of aliphatic hydroxyl groups is 2. The maximum Gasteiger partial charge on any atom is 0.373 e. The highest BCUT2D eigenvalue weighted by molar-refractivity contribution is 7.15. The van der Waals surface area contributed by atoms with Crippen LogP contribution < -0.4 is 4.90 Å². The van der Waals surface area contributed by atoms with Gasteiger partial charge in [0.2, 0.25) is 5.82 Å². The number of nitro groups is 1. The molecule has 3 rings (SSSR count). The molecule has 18 heavy (non-hydrogen) atoms. The third-order valence-electron chi connectivity index (χ3n) is 2.95. The van der Waals surface area contributed by atoms with Crippen molar-refractivity contribution in [2.75, 3.05) is 18.0 Å². The second kappa shape index (κ2) is 3.90. The van der Waals surface area contributed by atoms with E-state index in [0.717, 1.165) is 0 Å². The average Bonchev–Trinajstić information content (AvgIpc) is 2.92. The van der Waals surface area contributed by atoms with Crippen LogP contribution in [0.15, 0.2) is 11.6 Å². The molecule has 1 fully saturated rings. The van der Waals surface area contributed by atoms with Gasteiger partial charge in [0.15, 0.2) is 0 Å². The van der Waals surface area contributed by atoms with Crippen molar-refractivity contribution in [3.05, 3.63) is 21.7 Å². The van der Waals surface area contributed by atoms with Crippen LogP contribution in [-0.2, 0) is 0 Å². The fourth-order valence-electron chi connectivity index (χ4n) is 2.09. The van der Waals surface area contributed by atoms with Crippen LogP contribution in [0.4, 0.5) is 11.6 Å². The maximum absolute atomic E-state index is 11.1. The molecule has 2 aromatic heterocycles. The van der Waals surface area contributed by atoms with Gasteiger partial charge in [-0.05, 0) is 4.92 Å². The van der Waals surface area contributed by atoms with Crippen LogP contribution >= 0.6 is 11.3 Å². The summed E-state index contributed by atoms with van der Waals surface area (Å²) in [4.78, 5) is 16.9. The summed E-state index contributed by atoms with van der Waals surface area (Å²) in [5.41, 5.74) is 0. The molecule has 96 valence electrons. The van der Waals surface area contributed by atoms with Crippen molar-refractivity contribution in [3.8, 4) is 0 Å². The van der Waals surface area contributed by atoms with E-state index in [1.807, 2.05) is 0 Å². The van der Waals surface area contributed by atoms with Crippen LogP contribution in [0.2, 0.25) is 0 Å². The molecule has 9 heteroatoms. The Hall–Kier alpha value is -1.71. The van der Waals surface area contributed by atoms with E-state index in [9.17, 15) is 20.3 Å². The van der Waals surface area contributed by atoms with E-state index in [-0.39, 0.29) is 24.7 Å². The number of fused-ring (bicyclic) bond motifs is 1. The molecule has 0 aliphatic carbocycles. The van der Waals surface area contributed by atoms with Crippen molar-refractivity contribution in [2.45, 2.75) is 12.2 Å². The molecule has 2 unspecified atom stereocenters. The zero-order valence-corrected chi connectivity index (χ0v) is 9.95. The van der Waals surface area contributed by atoms with Crippen LogP contribution in [0.1, 0.15) is 0 Å².